The van der Waals surface area contributed by atoms with E-state index in [0.717, 1.165) is 25.7 Å². The summed E-state index contributed by atoms with van der Waals surface area (Å²) in [5, 5.41) is 3.04. The van der Waals surface area contributed by atoms with Crippen LogP contribution in [-0.2, 0) is 9.59 Å². The lowest BCUT2D eigenvalue weighted by atomic mass is 9.81. The molecule has 4 nitrogen and oxygen atoms in total. The molecule has 1 saturated heterocycles. The number of carbonyl (C=O) groups excluding carboxylic acids is 2. The number of carbonyl (C=O) groups is 2. The van der Waals surface area contributed by atoms with E-state index >= 15 is 0 Å². The Hall–Kier alpha value is -1.06. The van der Waals surface area contributed by atoms with Crippen LogP contribution in [0.1, 0.15) is 66.7 Å². The molecule has 4 heteroatoms. The summed E-state index contributed by atoms with van der Waals surface area (Å²) in [4.78, 5) is 27.6. The monoisotopic (exact) mass is 280 g/mol. The van der Waals surface area contributed by atoms with Gasteiger partial charge in [0.2, 0.25) is 11.8 Å². The van der Waals surface area contributed by atoms with Crippen LogP contribution >= 0.6 is 0 Å². The zero-order valence-corrected chi connectivity index (χ0v) is 13.5. The van der Waals surface area contributed by atoms with Crippen molar-refractivity contribution in [2.24, 2.45) is 5.92 Å². The Morgan fingerprint density at radius 1 is 1.30 bits per heavy atom. The van der Waals surface area contributed by atoms with Gasteiger partial charge in [0.05, 0.1) is 0 Å². The van der Waals surface area contributed by atoms with Gasteiger partial charge in [-0.2, -0.15) is 0 Å². The highest BCUT2D eigenvalue weighted by Gasteiger charge is 2.59. The Balaban J connectivity index is 2.38. The molecule has 1 N–H and O–H groups in total. The molecule has 1 saturated carbocycles. The average Bonchev–Trinajstić information content (AvgIpc) is 3.21. The third-order valence-corrected chi connectivity index (χ3v) is 5.29. The normalized spacial score (nSPS) is 36.0. The number of rotatable bonds is 5. The first-order valence-electron chi connectivity index (χ1n) is 7.97. The van der Waals surface area contributed by atoms with E-state index < -0.39 is 11.1 Å². The number of nitrogens with zero attached hydrogens (tertiary/aromatic N) is 1. The van der Waals surface area contributed by atoms with E-state index in [2.05, 4.69) is 19.2 Å². The molecular formula is C16H28N2O2. The van der Waals surface area contributed by atoms with Gasteiger partial charge < -0.3 is 10.2 Å². The molecule has 1 heterocycles. The molecule has 20 heavy (non-hydrogen) atoms. The highest BCUT2D eigenvalue weighted by atomic mass is 16.2. The number of hydrogen-bond acceptors (Lipinski definition) is 2. The van der Waals surface area contributed by atoms with E-state index in [1.54, 1.807) is 0 Å². The highest BCUT2D eigenvalue weighted by Crippen LogP contribution is 2.44. The summed E-state index contributed by atoms with van der Waals surface area (Å²) >= 11 is 0. The molecule has 0 spiro atoms. The Bertz CT molecular complexity index is 419. The SMILES string of the molecule is CCCC(C)N1C(=O)C(C)(C2CC2)NC(=O)C1(C)CC. The van der Waals surface area contributed by atoms with Crippen LogP contribution in [0.5, 0.6) is 0 Å². The van der Waals surface area contributed by atoms with Gasteiger partial charge in [0.25, 0.3) is 0 Å². The fourth-order valence-electron chi connectivity index (χ4n) is 3.51. The van der Waals surface area contributed by atoms with Crippen LogP contribution in [-0.4, -0.2) is 33.8 Å². The fraction of sp³-hybridized carbons (Fsp3) is 0.875. The van der Waals surface area contributed by atoms with Crippen LogP contribution < -0.4 is 5.32 Å². The van der Waals surface area contributed by atoms with E-state index in [9.17, 15) is 9.59 Å². The molecule has 0 aromatic heterocycles. The maximum Gasteiger partial charge on any atom is 0.249 e. The summed E-state index contributed by atoms with van der Waals surface area (Å²) in [6.07, 6.45) is 4.70. The Kier molecular flexibility index (Phi) is 3.87. The molecule has 2 rings (SSSR count). The summed E-state index contributed by atoms with van der Waals surface area (Å²) < 4.78 is 0. The molecule has 2 aliphatic rings. The van der Waals surface area contributed by atoms with E-state index in [1.807, 2.05) is 25.7 Å². The van der Waals surface area contributed by atoms with Crippen molar-refractivity contribution in [2.45, 2.75) is 83.8 Å². The predicted molar refractivity (Wildman–Crippen MR) is 79.2 cm³/mol. The minimum absolute atomic E-state index is 0.0111. The van der Waals surface area contributed by atoms with Crippen molar-refractivity contribution in [1.82, 2.24) is 10.2 Å². The van der Waals surface area contributed by atoms with Crippen molar-refractivity contribution in [1.29, 1.82) is 0 Å². The third-order valence-electron chi connectivity index (χ3n) is 5.29. The van der Waals surface area contributed by atoms with Crippen molar-refractivity contribution in [3.05, 3.63) is 0 Å². The summed E-state index contributed by atoms with van der Waals surface area (Å²) in [5.41, 5.74) is -1.40. The summed E-state index contributed by atoms with van der Waals surface area (Å²) in [6, 6.07) is 0.113. The maximum atomic E-state index is 13.1. The molecule has 2 amide bonds. The first-order chi connectivity index (χ1) is 9.31. The summed E-state index contributed by atoms with van der Waals surface area (Å²) in [7, 11) is 0. The molecule has 3 atom stereocenters. The van der Waals surface area contributed by atoms with Gasteiger partial charge in [-0.1, -0.05) is 20.3 Å². The van der Waals surface area contributed by atoms with Gasteiger partial charge in [0, 0.05) is 6.04 Å². The highest BCUT2D eigenvalue weighted by molar-refractivity contribution is 6.02. The second kappa shape index (κ2) is 5.05. The van der Waals surface area contributed by atoms with Crippen LogP contribution in [0.3, 0.4) is 0 Å². The minimum Gasteiger partial charge on any atom is -0.340 e. The number of hydrogen-bond donors (Lipinski definition) is 1. The fourth-order valence-corrected chi connectivity index (χ4v) is 3.51. The molecule has 0 radical (unpaired) electrons. The van der Waals surface area contributed by atoms with Gasteiger partial charge in [0.15, 0.2) is 0 Å². The zero-order valence-electron chi connectivity index (χ0n) is 13.5. The average molecular weight is 280 g/mol. The van der Waals surface area contributed by atoms with Crippen LogP contribution in [0, 0.1) is 5.92 Å². The molecule has 3 unspecified atom stereocenters. The van der Waals surface area contributed by atoms with Crippen molar-refractivity contribution >= 4 is 11.8 Å². The van der Waals surface area contributed by atoms with Gasteiger partial charge in [-0.05, 0) is 52.4 Å². The van der Waals surface area contributed by atoms with Gasteiger partial charge in [-0.15, -0.1) is 0 Å². The van der Waals surface area contributed by atoms with Crippen molar-refractivity contribution < 1.29 is 9.59 Å². The lowest BCUT2D eigenvalue weighted by Gasteiger charge is -2.52. The molecule has 0 bridgehead atoms. The zero-order chi connectivity index (χ0) is 15.1. The molecule has 114 valence electrons. The van der Waals surface area contributed by atoms with Gasteiger partial charge in [-0.3, -0.25) is 9.59 Å². The Morgan fingerprint density at radius 3 is 2.35 bits per heavy atom. The molecule has 1 aliphatic carbocycles. The van der Waals surface area contributed by atoms with E-state index in [0.29, 0.717) is 12.3 Å². The molecular weight excluding hydrogens is 252 g/mol. The number of piperazine rings is 1. The molecule has 0 aromatic rings. The summed E-state index contributed by atoms with van der Waals surface area (Å²) in [6.45, 7) is 9.98. The standard InChI is InChI=1S/C16H28N2O2/c1-6-8-11(3)18-14(20)16(5,12-9-10-12)17-13(19)15(18,4)7-2/h11-12H,6-10H2,1-5H3,(H,17,19). The first kappa shape index (κ1) is 15.3. The third kappa shape index (κ3) is 2.13. The van der Waals surface area contributed by atoms with Gasteiger partial charge in [0.1, 0.15) is 11.1 Å². The van der Waals surface area contributed by atoms with Crippen molar-refractivity contribution in [3.8, 4) is 0 Å². The van der Waals surface area contributed by atoms with Crippen LogP contribution in [0.25, 0.3) is 0 Å². The van der Waals surface area contributed by atoms with Gasteiger partial charge >= 0.3 is 0 Å². The Labute approximate surface area is 122 Å². The van der Waals surface area contributed by atoms with E-state index in [1.165, 1.54) is 0 Å². The van der Waals surface area contributed by atoms with Gasteiger partial charge in [-0.25, -0.2) is 0 Å². The molecule has 0 aromatic carbocycles. The Morgan fingerprint density at radius 2 is 1.90 bits per heavy atom. The summed E-state index contributed by atoms with van der Waals surface area (Å²) in [5.74, 6) is 0.443. The lowest BCUT2D eigenvalue weighted by molar-refractivity contribution is -0.166. The lowest BCUT2D eigenvalue weighted by Crippen LogP contribution is -2.76. The number of amides is 2. The predicted octanol–water partition coefficient (Wildman–Crippen LogP) is 2.47. The van der Waals surface area contributed by atoms with Crippen molar-refractivity contribution in [3.63, 3.8) is 0 Å². The number of nitrogens with one attached hydrogen (secondary N) is 1. The molecule has 1 aliphatic heterocycles. The first-order valence-corrected chi connectivity index (χ1v) is 7.97. The van der Waals surface area contributed by atoms with Crippen LogP contribution in [0.4, 0.5) is 0 Å². The molecule has 2 fully saturated rings. The van der Waals surface area contributed by atoms with Crippen molar-refractivity contribution in [2.75, 3.05) is 0 Å². The quantitative estimate of drug-likeness (QED) is 0.841. The van der Waals surface area contributed by atoms with Crippen LogP contribution in [0.15, 0.2) is 0 Å². The minimum atomic E-state index is -0.708. The van der Waals surface area contributed by atoms with E-state index in [-0.39, 0.29) is 17.9 Å². The van der Waals surface area contributed by atoms with E-state index in [4.69, 9.17) is 0 Å². The topological polar surface area (TPSA) is 49.4 Å². The largest absolute Gasteiger partial charge is 0.340 e. The second-order valence-electron chi connectivity index (χ2n) is 6.87. The smallest absolute Gasteiger partial charge is 0.249 e. The second-order valence-corrected chi connectivity index (χ2v) is 6.87. The van der Waals surface area contributed by atoms with Crippen LogP contribution in [0.2, 0.25) is 0 Å². The maximum absolute atomic E-state index is 13.1.